The third-order valence-corrected chi connectivity index (χ3v) is 3.27. The van der Waals surface area contributed by atoms with Gasteiger partial charge in [0.1, 0.15) is 0 Å². The fourth-order valence-electron chi connectivity index (χ4n) is 2.16. The molecule has 16 heavy (non-hydrogen) atoms. The lowest BCUT2D eigenvalue weighted by Gasteiger charge is -2.28. The molecule has 0 bridgehead atoms. The molecule has 0 rings (SSSR count). The van der Waals surface area contributed by atoms with E-state index in [2.05, 4.69) is 25.8 Å². The molecule has 0 aromatic rings. The molecule has 0 aliphatic carbocycles. The van der Waals surface area contributed by atoms with Crippen LogP contribution in [0.15, 0.2) is 4.99 Å². The molecule has 0 heterocycles. The van der Waals surface area contributed by atoms with Crippen molar-refractivity contribution in [3.8, 4) is 0 Å². The van der Waals surface area contributed by atoms with Gasteiger partial charge >= 0.3 is 0 Å². The summed E-state index contributed by atoms with van der Waals surface area (Å²) in [7, 11) is 0. The normalized spacial score (nSPS) is 11.2. The van der Waals surface area contributed by atoms with Gasteiger partial charge in [0.05, 0.1) is 5.54 Å². The first kappa shape index (κ1) is 15.4. The van der Waals surface area contributed by atoms with E-state index in [9.17, 15) is 4.79 Å². The van der Waals surface area contributed by atoms with Crippen LogP contribution < -0.4 is 0 Å². The molecule has 0 N–H and O–H groups in total. The second-order valence-corrected chi connectivity index (χ2v) is 4.74. The average Bonchev–Trinajstić information content (AvgIpc) is 2.31. The third-order valence-electron chi connectivity index (χ3n) is 3.27. The molecule has 0 saturated heterocycles. The van der Waals surface area contributed by atoms with E-state index in [0.717, 1.165) is 19.3 Å². The van der Waals surface area contributed by atoms with Gasteiger partial charge in [0, 0.05) is 0 Å². The predicted octanol–water partition coefficient (Wildman–Crippen LogP) is 4.63. The van der Waals surface area contributed by atoms with E-state index >= 15 is 0 Å². The van der Waals surface area contributed by atoms with Crippen molar-refractivity contribution in [2.24, 2.45) is 4.99 Å². The van der Waals surface area contributed by atoms with Gasteiger partial charge in [-0.25, -0.2) is 4.79 Å². The number of unbranched alkanes of at least 4 members (excludes halogenated alkanes) is 3. The Kier molecular flexibility index (Phi) is 9.22. The van der Waals surface area contributed by atoms with Crippen LogP contribution in [0.25, 0.3) is 0 Å². The maximum Gasteiger partial charge on any atom is 0.235 e. The van der Waals surface area contributed by atoms with Crippen molar-refractivity contribution in [2.75, 3.05) is 0 Å². The Morgan fingerprint density at radius 1 is 0.875 bits per heavy atom. The van der Waals surface area contributed by atoms with Crippen LogP contribution in [0.1, 0.15) is 78.6 Å². The second-order valence-electron chi connectivity index (χ2n) is 4.74. The molecular weight excluding hydrogens is 198 g/mol. The van der Waals surface area contributed by atoms with Crippen molar-refractivity contribution in [3.63, 3.8) is 0 Å². The first-order valence-electron chi connectivity index (χ1n) is 6.83. The third kappa shape index (κ3) is 6.07. The van der Waals surface area contributed by atoms with Crippen LogP contribution in [0, 0.1) is 0 Å². The van der Waals surface area contributed by atoms with Gasteiger partial charge in [-0.15, -0.1) is 0 Å². The largest absolute Gasteiger partial charge is 0.235 e. The number of hydrogen-bond acceptors (Lipinski definition) is 2. The highest BCUT2D eigenvalue weighted by atomic mass is 16.1. The molecule has 94 valence electrons. The highest BCUT2D eigenvalue weighted by Gasteiger charge is 2.27. The van der Waals surface area contributed by atoms with Gasteiger partial charge in [-0.1, -0.05) is 59.3 Å². The average molecular weight is 225 g/mol. The predicted molar refractivity (Wildman–Crippen MR) is 69.4 cm³/mol. The quantitative estimate of drug-likeness (QED) is 0.393. The van der Waals surface area contributed by atoms with E-state index in [0.29, 0.717) is 0 Å². The standard InChI is InChI=1S/C14H27NO/c1-4-7-10-14(15-13-16,11-8-5-2)12-9-6-3/h4-12H2,1-3H3. The van der Waals surface area contributed by atoms with Crippen molar-refractivity contribution in [3.05, 3.63) is 0 Å². The number of hydrogen-bond donors (Lipinski definition) is 0. The van der Waals surface area contributed by atoms with Crippen LogP contribution in [0.2, 0.25) is 0 Å². The zero-order chi connectivity index (χ0) is 12.3. The Morgan fingerprint density at radius 2 is 1.25 bits per heavy atom. The molecule has 0 aromatic carbocycles. The van der Waals surface area contributed by atoms with E-state index in [1.165, 1.54) is 38.5 Å². The van der Waals surface area contributed by atoms with Crippen molar-refractivity contribution < 1.29 is 4.79 Å². The number of rotatable bonds is 10. The smallest absolute Gasteiger partial charge is 0.211 e. The van der Waals surface area contributed by atoms with Crippen molar-refractivity contribution in [1.29, 1.82) is 0 Å². The SMILES string of the molecule is CCCCC(CCCC)(CCCC)N=C=O. The highest BCUT2D eigenvalue weighted by Crippen LogP contribution is 2.31. The molecule has 0 saturated carbocycles. The van der Waals surface area contributed by atoms with Crippen LogP contribution in [0.3, 0.4) is 0 Å². The van der Waals surface area contributed by atoms with Crippen LogP contribution in [-0.4, -0.2) is 11.6 Å². The summed E-state index contributed by atoms with van der Waals surface area (Å²) < 4.78 is 0. The Morgan fingerprint density at radius 3 is 1.50 bits per heavy atom. The molecule has 2 nitrogen and oxygen atoms in total. The number of aliphatic imine (C=N–C) groups is 1. The molecule has 0 aliphatic rings. The summed E-state index contributed by atoms with van der Waals surface area (Å²) in [5, 5.41) is 0. The molecule has 0 unspecified atom stereocenters. The summed E-state index contributed by atoms with van der Waals surface area (Å²) in [6.07, 6.45) is 12.0. The lowest BCUT2D eigenvalue weighted by molar-refractivity contribution is 0.314. The monoisotopic (exact) mass is 225 g/mol. The zero-order valence-corrected chi connectivity index (χ0v) is 11.2. The molecule has 0 atom stereocenters. The van der Waals surface area contributed by atoms with Crippen molar-refractivity contribution >= 4 is 6.08 Å². The molecule has 0 spiro atoms. The fraction of sp³-hybridized carbons (Fsp3) is 0.929. The maximum absolute atomic E-state index is 10.6. The maximum atomic E-state index is 10.6. The molecule has 0 aliphatic heterocycles. The second kappa shape index (κ2) is 9.59. The van der Waals surface area contributed by atoms with Gasteiger partial charge in [0.15, 0.2) is 0 Å². The van der Waals surface area contributed by atoms with Gasteiger partial charge in [-0.05, 0) is 19.3 Å². The van der Waals surface area contributed by atoms with E-state index < -0.39 is 0 Å². The van der Waals surface area contributed by atoms with Crippen molar-refractivity contribution in [1.82, 2.24) is 0 Å². The number of nitrogens with zero attached hydrogens (tertiary/aromatic N) is 1. The summed E-state index contributed by atoms with van der Waals surface area (Å²) in [6.45, 7) is 6.57. The van der Waals surface area contributed by atoms with E-state index in [1.54, 1.807) is 0 Å². The molecule has 2 heteroatoms. The molecule has 0 fully saturated rings. The van der Waals surface area contributed by atoms with Gasteiger partial charge < -0.3 is 0 Å². The molecule has 0 radical (unpaired) electrons. The van der Waals surface area contributed by atoms with Gasteiger partial charge in [-0.2, -0.15) is 4.99 Å². The van der Waals surface area contributed by atoms with E-state index in [-0.39, 0.29) is 5.54 Å². The van der Waals surface area contributed by atoms with Crippen LogP contribution in [0.4, 0.5) is 0 Å². The minimum absolute atomic E-state index is 0.0935. The summed E-state index contributed by atoms with van der Waals surface area (Å²) in [5.41, 5.74) is -0.0935. The van der Waals surface area contributed by atoms with E-state index in [4.69, 9.17) is 0 Å². The lowest BCUT2D eigenvalue weighted by Crippen LogP contribution is -2.26. The Balaban J connectivity index is 4.51. The Labute approximate surface area is 101 Å². The van der Waals surface area contributed by atoms with Gasteiger partial charge in [-0.3, -0.25) is 0 Å². The minimum Gasteiger partial charge on any atom is -0.211 e. The summed E-state index contributed by atoms with van der Waals surface area (Å²) in [6, 6.07) is 0. The van der Waals surface area contributed by atoms with Crippen LogP contribution in [-0.2, 0) is 4.79 Å². The number of isocyanates is 1. The van der Waals surface area contributed by atoms with Gasteiger partial charge in [0.25, 0.3) is 0 Å². The lowest BCUT2D eigenvalue weighted by atomic mass is 9.83. The van der Waals surface area contributed by atoms with Crippen molar-refractivity contribution in [2.45, 2.75) is 84.1 Å². The Bertz CT molecular complexity index is 185. The molecule has 0 amide bonds. The minimum atomic E-state index is -0.0935. The molecule has 0 aromatic heterocycles. The summed E-state index contributed by atoms with van der Waals surface area (Å²) in [4.78, 5) is 14.8. The Hall–Kier alpha value is -0.620. The topological polar surface area (TPSA) is 29.4 Å². The van der Waals surface area contributed by atoms with Crippen LogP contribution in [0.5, 0.6) is 0 Å². The fourth-order valence-corrected chi connectivity index (χ4v) is 2.16. The summed E-state index contributed by atoms with van der Waals surface area (Å²) >= 11 is 0. The van der Waals surface area contributed by atoms with Crippen LogP contribution >= 0.6 is 0 Å². The zero-order valence-electron chi connectivity index (χ0n) is 11.2. The van der Waals surface area contributed by atoms with E-state index in [1.807, 2.05) is 6.08 Å². The van der Waals surface area contributed by atoms with Gasteiger partial charge in [0.2, 0.25) is 6.08 Å². The number of carbonyl (C=O) groups excluding carboxylic acids is 1. The molecular formula is C14H27NO. The first-order valence-corrected chi connectivity index (χ1v) is 6.83. The first-order chi connectivity index (χ1) is 7.74. The summed E-state index contributed by atoms with van der Waals surface area (Å²) in [5.74, 6) is 0. The highest BCUT2D eigenvalue weighted by molar-refractivity contribution is 5.34.